The maximum Gasteiger partial charge on any atom is 0.281 e. The molecule has 0 saturated heterocycles. The van der Waals surface area contributed by atoms with Crippen LogP contribution in [0.25, 0.3) is 33.4 Å². The first-order valence-corrected chi connectivity index (χ1v) is 33.4. The first-order valence-electron chi connectivity index (χ1n) is 31.8. The lowest BCUT2D eigenvalue weighted by molar-refractivity contribution is 0.466. The van der Waals surface area contributed by atoms with Crippen LogP contribution in [0.4, 0.5) is 34.1 Å². The molecular formula is C80H63B3N2O4S2. The third-order valence-corrected chi connectivity index (χ3v) is 22.9. The van der Waals surface area contributed by atoms with E-state index >= 15 is 0 Å². The van der Waals surface area contributed by atoms with E-state index in [4.69, 9.17) is 18.9 Å². The quantitative estimate of drug-likeness (QED) is 0.160. The molecule has 0 aliphatic carbocycles. The van der Waals surface area contributed by atoms with Crippen molar-refractivity contribution in [2.45, 2.75) is 83.1 Å². The number of hydrogen-bond acceptors (Lipinski definition) is 8. The summed E-state index contributed by atoms with van der Waals surface area (Å²) in [4.78, 5) is 5.18. The van der Waals surface area contributed by atoms with Crippen molar-refractivity contribution in [3.63, 3.8) is 0 Å². The summed E-state index contributed by atoms with van der Waals surface area (Å²) in [5, 5.41) is 0. The summed E-state index contributed by atoms with van der Waals surface area (Å²) in [7, 11) is 0. The monoisotopic (exact) mass is 1210 g/mol. The number of rotatable bonds is 5. The number of nitrogens with zero attached hydrogens (tertiary/aromatic N) is 2. The molecule has 0 N–H and O–H groups in total. The molecule has 0 spiro atoms. The van der Waals surface area contributed by atoms with Crippen molar-refractivity contribution in [2.24, 2.45) is 0 Å². The zero-order valence-corrected chi connectivity index (χ0v) is 54.8. The second-order valence-corrected chi connectivity index (χ2v) is 28.6. The van der Waals surface area contributed by atoms with Crippen LogP contribution in [0.2, 0.25) is 0 Å². The van der Waals surface area contributed by atoms with Gasteiger partial charge in [0.15, 0.2) is 11.5 Å². The van der Waals surface area contributed by atoms with Crippen molar-refractivity contribution < 1.29 is 18.9 Å². The molecule has 8 heterocycles. The lowest BCUT2D eigenvalue weighted by Crippen LogP contribution is -2.58. The third kappa shape index (κ3) is 7.68. The molecule has 18 rings (SSSR count). The largest absolute Gasteiger partial charge is 0.458 e. The Morgan fingerprint density at radius 1 is 0.286 bits per heavy atom. The maximum absolute atomic E-state index is 8.14. The van der Waals surface area contributed by atoms with Crippen LogP contribution in [-0.4, -0.2) is 20.1 Å². The number of benzene rings is 10. The van der Waals surface area contributed by atoms with Crippen molar-refractivity contribution in [1.29, 1.82) is 0 Å². The van der Waals surface area contributed by atoms with Crippen LogP contribution in [0.1, 0.15) is 66.8 Å². The van der Waals surface area contributed by atoms with Gasteiger partial charge in [-0.05, 0) is 242 Å². The summed E-state index contributed by atoms with van der Waals surface area (Å²) in [5.74, 6) is 6.92. The number of ether oxygens (including phenoxy) is 4. The SMILES string of the molecule is Cc1cc(C)c(N2c3cc(-c4c(C)cccc4C)cc4c3B(c3ccccc3O4)c3sc4c(c32)Oc2cc(-c3c(C)cccc3C)cc3c2B4c2sc4c(c2N3c2c(C)cc(C)cc2C)Oc2cc(-c3c(C)cccc3C)cc3c2B4c2ccccc2O3)c(C)c1. The lowest BCUT2D eigenvalue weighted by atomic mass is 9.36. The number of hydrogen-bond donors (Lipinski definition) is 0. The Hall–Kier alpha value is -9.41. The van der Waals surface area contributed by atoms with Crippen LogP contribution in [0.15, 0.2) is 164 Å². The summed E-state index contributed by atoms with van der Waals surface area (Å²) >= 11 is 3.83. The first-order chi connectivity index (χ1) is 44.1. The molecule has 12 aromatic rings. The molecule has 10 aromatic carbocycles. The van der Waals surface area contributed by atoms with E-state index in [-0.39, 0.29) is 20.1 Å². The van der Waals surface area contributed by atoms with Crippen molar-refractivity contribution in [1.82, 2.24) is 0 Å². The van der Waals surface area contributed by atoms with Crippen LogP contribution >= 0.6 is 22.7 Å². The number of anilines is 6. The number of para-hydroxylation sites is 2. The summed E-state index contributed by atoms with van der Waals surface area (Å²) in [5.41, 5.74) is 33.8. The minimum absolute atomic E-state index is 0.165. The van der Waals surface area contributed by atoms with E-state index in [1.807, 2.05) is 22.7 Å². The molecule has 6 aliphatic heterocycles. The van der Waals surface area contributed by atoms with Gasteiger partial charge in [-0.2, -0.15) is 22.7 Å². The fourth-order valence-corrected chi connectivity index (χ4v) is 20.0. The molecule has 0 fully saturated rings. The Morgan fingerprint density at radius 2 is 0.615 bits per heavy atom. The highest BCUT2D eigenvalue weighted by Crippen LogP contribution is 2.56. The normalized spacial score (nSPS) is 13.7. The summed E-state index contributed by atoms with van der Waals surface area (Å²) < 4.78 is 35.2. The number of fused-ring (bicyclic) bond motifs is 14. The smallest absolute Gasteiger partial charge is 0.281 e. The molecule has 0 unspecified atom stereocenters. The van der Waals surface area contributed by atoms with E-state index in [0.29, 0.717) is 0 Å². The average molecular weight is 1210 g/mol. The van der Waals surface area contributed by atoms with Gasteiger partial charge in [0.1, 0.15) is 34.5 Å². The second-order valence-electron chi connectivity index (χ2n) is 26.5. The fourth-order valence-electron chi connectivity index (χ4n) is 17.0. The Balaban J connectivity index is 0.976. The fraction of sp³-hybridized carbons (Fsp3) is 0.150. The standard InChI is InChI=1S/C80H63B3N2O4S2/c1-40-30-48(9)71(49(10)31-40)84-57-34-52(65-42(3)20-17-21-43(65)4)36-61-68(57)81(55-26-13-15-28-59(55)86-61)77-73(84)76-80(90-77)83-69-58(35-53(37-62(69)88-76)66-44(5)22-18-23-45(66)6)85(72-50(11)32-41(2)33-51(72)12)74-75-79(91-78(74)83)82-56-27-14-16-29-60(56)87-63-38-54(39-64(89-75)70(63)82)67-46(7)24-19-25-47(67)8/h13-39H,1-12H3. The van der Waals surface area contributed by atoms with Gasteiger partial charge in [-0.15, -0.1) is 0 Å². The topological polar surface area (TPSA) is 43.4 Å². The van der Waals surface area contributed by atoms with Crippen molar-refractivity contribution in [3.8, 4) is 79.4 Å². The van der Waals surface area contributed by atoms with Crippen LogP contribution in [0.5, 0.6) is 46.0 Å². The zero-order chi connectivity index (χ0) is 61.9. The van der Waals surface area contributed by atoms with Crippen LogP contribution in [0.3, 0.4) is 0 Å². The average Bonchev–Trinajstić information content (AvgIpc) is 1.58. The Labute approximate surface area is 541 Å². The predicted molar refractivity (Wildman–Crippen MR) is 385 cm³/mol. The predicted octanol–water partition coefficient (Wildman–Crippen LogP) is 16.0. The molecule has 6 aliphatic rings. The molecule has 0 radical (unpaired) electrons. The van der Waals surface area contributed by atoms with E-state index in [0.717, 1.165) is 119 Å². The summed E-state index contributed by atoms with van der Waals surface area (Å²) in [6.07, 6.45) is 0. The Morgan fingerprint density at radius 3 is 1.04 bits per heavy atom. The van der Waals surface area contributed by atoms with Gasteiger partial charge in [0.2, 0.25) is 0 Å². The van der Waals surface area contributed by atoms with E-state index in [2.05, 4.69) is 257 Å². The minimum atomic E-state index is -0.263. The zero-order valence-electron chi connectivity index (χ0n) is 53.2. The van der Waals surface area contributed by atoms with Gasteiger partial charge < -0.3 is 28.7 Å². The highest BCUT2D eigenvalue weighted by molar-refractivity contribution is 7.44. The molecule has 0 amide bonds. The van der Waals surface area contributed by atoms with Gasteiger partial charge >= 0.3 is 0 Å². The van der Waals surface area contributed by atoms with E-state index < -0.39 is 0 Å². The lowest BCUT2D eigenvalue weighted by Gasteiger charge is -2.41. The van der Waals surface area contributed by atoms with Crippen LogP contribution in [-0.2, 0) is 0 Å². The van der Waals surface area contributed by atoms with E-state index in [9.17, 15) is 0 Å². The van der Waals surface area contributed by atoms with Gasteiger partial charge in [-0.1, -0.05) is 126 Å². The summed E-state index contributed by atoms with van der Waals surface area (Å²) in [6.45, 7) is 26.3. The van der Waals surface area contributed by atoms with E-state index in [1.54, 1.807) is 0 Å². The molecule has 438 valence electrons. The number of thiophene rings is 2. The highest BCUT2D eigenvalue weighted by Gasteiger charge is 2.55. The van der Waals surface area contributed by atoms with Crippen molar-refractivity contribution in [3.05, 3.63) is 231 Å². The van der Waals surface area contributed by atoms with Crippen molar-refractivity contribution >= 4 is 123 Å². The Bertz CT molecular complexity index is 5180. The maximum atomic E-state index is 8.14. The second kappa shape index (κ2) is 19.6. The van der Waals surface area contributed by atoms with Gasteiger partial charge in [0.05, 0.1) is 22.7 Å². The molecule has 0 bridgehead atoms. The first kappa shape index (κ1) is 54.5. The molecule has 6 nitrogen and oxygen atoms in total. The minimum Gasteiger partial charge on any atom is -0.458 e. The highest BCUT2D eigenvalue weighted by atomic mass is 32.1. The van der Waals surface area contributed by atoms with Gasteiger partial charge in [0.25, 0.3) is 20.1 Å². The third-order valence-electron chi connectivity index (χ3n) is 20.3. The number of aryl methyl sites for hydroxylation is 12. The van der Waals surface area contributed by atoms with E-state index in [1.165, 1.54) is 108 Å². The molecule has 11 heteroatoms. The van der Waals surface area contributed by atoms with Crippen LogP contribution in [0, 0.1) is 83.1 Å². The van der Waals surface area contributed by atoms with Gasteiger partial charge in [-0.25, -0.2) is 0 Å². The molecular weight excluding hydrogens is 1150 g/mol. The van der Waals surface area contributed by atoms with Gasteiger partial charge in [-0.3, -0.25) is 0 Å². The molecule has 0 saturated carbocycles. The molecule has 91 heavy (non-hydrogen) atoms. The summed E-state index contributed by atoms with van der Waals surface area (Å²) in [6, 6.07) is 60.8. The van der Waals surface area contributed by atoms with Crippen LogP contribution < -0.4 is 75.2 Å². The molecule has 0 atom stereocenters. The van der Waals surface area contributed by atoms with Gasteiger partial charge in [0, 0.05) is 35.9 Å². The Kier molecular flexibility index (Phi) is 11.7. The molecule has 2 aromatic heterocycles. The van der Waals surface area contributed by atoms with Crippen molar-refractivity contribution in [2.75, 3.05) is 9.80 Å².